The van der Waals surface area contributed by atoms with E-state index in [4.69, 9.17) is 0 Å². The van der Waals surface area contributed by atoms with Gasteiger partial charge in [-0.2, -0.15) is 0 Å². The number of hydrogen-bond donors (Lipinski definition) is 2. The van der Waals surface area contributed by atoms with Crippen LogP contribution in [0.15, 0.2) is 24.3 Å². The number of benzene rings is 1. The summed E-state index contributed by atoms with van der Waals surface area (Å²) in [6, 6.07) is 9.35. The van der Waals surface area contributed by atoms with Crippen LogP contribution in [-0.2, 0) is 0 Å². The highest BCUT2D eigenvalue weighted by atomic mass is 15.1. The lowest BCUT2D eigenvalue weighted by Gasteiger charge is -2.29. The lowest BCUT2D eigenvalue weighted by atomic mass is 9.96. The molecule has 2 nitrogen and oxygen atoms in total. The first-order chi connectivity index (χ1) is 7.27. The van der Waals surface area contributed by atoms with E-state index in [2.05, 4.69) is 48.7 Å². The van der Waals surface area contributed by atoms with E-state index in [1.54, 1.807) is 0 Å². The lowest BCUT2D eigenvalue weighted by molar-refractivity contribution is 0.360. The predicted molar refractivity (Wildman–Crippen MR) is 64.3 cm³/mol. The van der Waals surface area contributed by atoms with Crippen molar-refractivity contribution in [2.75, 3.05) is 19.6 Å². The van der Waals surface area contributed by atoms with Crippen LogP contribution in [0.4, 0.5) is 0 Å². The average Bonchev–Trinajstić information content (AvgIpc) is 2.16. The Hall–Kier alpha value is -0.860. The van der Waals surface area contributed by atoms with Crippen molar-refractivity contribution >= 4 is 0 Å². The minimum atomic E-state index is 0.604. The van der Waals surface area contributed by atoms with E-state index in [0.717, 1.165) is 19.6 Å². The van der Waals surface area contributed by atoms with Gasteiger partial charge in [-0.25, -0.2) is 0 Å². The van der Waals surface area contributed by atoms with Crippen LogP contribution in [0.25, 0.3) is 0 Å². The van der Waals surface area contributed by atoms with Gasteiger partial charge in [0, 0.05) is 25.7 Å². The summed E-state index contributed by atoms with van der Waals surface area (Å²) in [5.74, 6) is 0.604. The molecule has 1 unspecified atom stereocenters. The summed E-state index contributed by atoms with van der Waals surface area (Å²) in [6.45, 7) is 7.82. The Kier molecular flexibility index (Phi) is 3.39. The van der Waals surface area contributed by atoms with E-state index in [9.17, 15) is 0 Å². The summed E-state index contributed by atoms with van der Waals surface area (Å²) in [5.41, 5.74) is 2.87. The van der Waals surface area contributed by atoms with E-state index in [1.165, 1.54) is 11.1 Å². The highest BCUT2D eigenvalue weighted by Crippen LogP contribution is 2.18. The molecule has 1 heterocycles. The smallest absolute Gasteiger partial charge is 0.0317 e. The fourth-order valence-corrected chi connectivity index (χ4v) is 2.03. The summed E-state index contributed by atoms with van der Waals surface area (Å²) >= 11 is 0. The quantitative estimate of drug-likeness (QED) is 0.779. The molecule has 0 aliphatic carbocycles. The van der Waals surface area contributed by atoms with Crippen LogP contribution in [-0.4, -0.2) is 25.7 Å². The standard InChI is InChI=1S/C13H20N2/c1-10-5-3-4-6-13(10)11(2)7-15-12-8-14-9-12/h3-6,11-12,14-15H,7-9H2,1-2H3. The molecule has 0 bridgehead atoms. The normalized spacial score (nSPS) is 18.5. The molecule has 0 saturated carbocycles. The second-order valence-electron chi connectivity index (χ2n) is 4.52. The predicted octanol–water partition coefficient (Wildman–Crippen LogP) is 1.66. The van der Waals surface area contributed by atoms with Crippen LogP contribution in [0.2, 0.25) is 0 Å². The minimum Gasteiger partial charge on any atom is -0.314 e. The topological polar surface area (TPSA) is 24.1 Å². The van der Waals surface area contributed by atoms with Crippen molar-refractivity contribution in [3.8, 4) is 0 Å². The van der Waals surface area contributed by atoms with Crippen LogP contribution in [0.1, 0.15) is 24.0 Å². The fourth-order valence-electron chi connectivity index (χ4n) is 2.03. The van der Waals surface area contributed by atoms with E-state index in [1.807, 2.05) is 0 Å². The molecule has 0 amide bonds. The summed E-state index contributed by atoms with van der Waals surface area (Å²) in [4.78, 5) is 0. The maximum Gasteiger partial charge on any atom is 0.0317 e. The van der Waals surface area contributed by atoms with Gasteiger partial charge >= 0.3 is 0 Å². The molecule has 1 aromatic rings. The van der Waals surface area contributed by atoms with E-state index in [-0.39, 0.29) is 0 Å². The summed E-state index contributed by atoms with van der Waals surface area (Å²) in [6.07, 6.45) is 0. The van der Waals surface area contributed by atoms with Crippen molar-refractivity contribution in [2.45, 2.75) is 25.8 Å². The molecule has 1 atom stereocenters. The first-order valence-electron chi connectivity index (χ1n) is 5.77. The van der Waals surface area contributed by atoms with Crippen molar-refractivity contribution in [3.05, 3.63) is 35.4 Å². The van der Waals surface area contributed by atoms with Gasteiger partial charge in [0.1, 0.15) is 0 Å². The molecule has 0 aromatic heterocycles. The Balaban J connectivity index is 1.89. The third kappa shape index (κ3) is 2.58. The zero-order chi connectivity index (χ0) is 10.7. The van der Waals surface area contributed by atoms with Crippen LogP contribution in [0, 0.1) is 6.92 Å². The van der Waals surface area contributed by atoms with Gasteiger partial charge in [-0.15, -0.1) is 0 Å². The monoisotopic (exact) mass is 204 g/mol. The maximum absolute atomic E-state index is 3.58. The van der Waals surface area contributed by atoms with Crippen molar-refractivity contribution < 1.29 is 0 Å². The minimum absolute atomic E-state index is 0.604. The molecule has 82 valence electrons. The second-order valence-corrected chi connectivity index (χ2v) is 4.52. The van der Waals surface area contributed by atoms with Gasteiger partial charge in [0.15, 0.2) is 0 Å². The van der Waals surface area contributed by atoms with Gasteiger partial charge in [0.05, 0.1) is 0 Å². The van der Waals surface area contributed by atoms with Gasteiger partial charge < -0.3 is 10.6 Å². The first kappa shape index (κ1) is 10.7. The summed E-state index contributed by atoms with van der Waals surface area (Å²) in [7, 11) is 0. The van der Waals surface area contributed by atoms with E-state index in [0.29, 0.717) is 12.0 Å². The molecule has 2 rings (SSSR count). The molecular weight excluding hydrogens is 184 g/mol. The third-order valence-electron chi connectivity index (χ3n) is 3.21. The Morgan fingerprint density at radius 3 is 2.73 bits per heavy atom. The molecule has 0 spiro atoms. The second kappa shape index (κ2) is 4.77. The van der Waals surface area contributed by atoms with Gasteiger partial charge in [0.2, 0.25) is 0 Å². The molecule has 1 saturated heterocycles. The van der Waals surface area contributed by atoms with Crippen molar-refractivity contribution in [1.29, 1.82) is 0 Å². The van der Waals surface area contributed by atoms with E-state index >= 15 is 0 Å². The Labute approximate surface area is 92.1 Å². The largest absolute Gasteiger partial charge is 0.314 e. The lowest BCUT2D eigenvalue weighted by Crippen LogP contribution is -2.55. The summed E-state index contributed by atoms with van der Waals surface area (Å²) < 4.78 is 0. The first-order valence-corrected chi connectivity index (χ1v) is 5.77. The Morgan fingerprint density at radius 1 is 1.40 bits per heavy atom. The molecule has 15 heavy (non-hydrogen) atoms. The van der Waals surface area contributed by atoms with Crippen molar-refractivity contribution in [2.24, 2.45) is 0 Å². The van der Waals surface area contributed by atoms with Crippen LogP contribution >= 0.6 is 0 Å². The van der Waals surface area contributed by atoms with Gasteiger partial charge in [-0.3, -0.25) is 0 Å². The molecule has 2 N–H and O–H groups in total. The van der Waals surface area contributed by atoms with Crippen molar-refractivity contribution in [3.63, 3.8) is 0 Å². The highest BCUT2D eigenvalue weighted by molar-refractivity contribution is 5.28. The third-order valence-corrected chi connectivity index (χ3v) is 3.21. The number of nitrogens with one attached hydrogen (secondary N) is 2. The number of hydrogen-bond acceptors (Lipinski definition) is 2. The van der Waals surface area contributed by atoms with Crippen LogP contribution < -0.4 is 10.6 Å². The fraction of sp³-hybridized carbons (Fsp3) is 0.538. The number of aryl methyl sites for hydroxylation is 1. The SMILES string of the molecule is Cc1ccccc1C(C)CNC1CNC1. The molecule has 1 aromatic carbocycles. The summed E-state index contributed by atoms with van der Waals surface area (Å²) in [5, 5.41) is 6.86. The Morgan fingerprint density at radius 2 is 2.13 bits per heavy atom. The molecule has 0 radical (unpaired) electrons. The highest BCUT2D eigenvalue weighted by Gasteiger charge is 2.17. The maximum atomic E-state index is 3.58. The number of rotatable bonds is 4. The van der Waals surface area contributed by atoms with Gasteiger partial charge in [0.25, 0.3) is 0 Å². The molecule has 1 aliphatic rings. The zero-order valence-corrected chi connectivity index (χ0v) is 9.59. The molecule has 2 heteroatoms. The average molecular weight is 204 g/mol. The van der Waals surface area contributed by atoms with Crippen LogP contribution in [0.3, 0.4) is 0 Å². The molecular formula is C13H20N2. The zero-order valence-electron chi connectivity index (χ0n) is 9.59. The molecule has 1 fully saturated rings. The Bertz CT molecular complexity index is 318. The van der Waals surface area contributed by atoms with Gasteiger partial charge in [-0.05, 0) is 24.0 Å². The van der Waals surface area contributed by atoms with Crippen molar-refractivity contribution in [1.82, 2.24) is 10.6 Å². The van der Waals surface area contributed by atoms with Crippen LogP contribution in [0.5, 0.6) is 0 Å². The van der Waals surface area contributed by atoms with Gasteiger partial charge in [-0.1, -0.05) is 31.2 Å². The molecule has 1 aliphatic heterocycles. The van der Waals surface area contributed by atoms with E-state index < -0.39 is 0 Å².